The van der Waals surface area contributed by atoms with Crippen LogP contribution in [-0.2, 0) is 0 Å². The number of carbonyl (C=O) groups is 1. The molecule has 1 amide bonds. The molecule has 1 rings (SSSR count). The molecular weight excluding hydrogens is 180 g/mol. The highest BCUT2D eigenvalue weighted by molar-refractivity contribution is 5.93. The summed E-state index contributed by atoms with van der Waals surface area (Å²) in [7, 11) is 0. The van der Waals surface area contributed by atoms with Gasteiger partial charge in [0.2, 0.25) is 5.91 Å². The molecule has 1 atom stereocenters. The molecule has 0 aliphatic heterocycles. The summed E-state index contributed by atoms with van der Waals surface area (Å²) in [6, 6.07) is 4.18. The van der Waals surface area contributed by atoms with Crippen molar-refractivity contribution in [2.75, 3.05) is 0 Å². The lowest BCUT2D eigenvalue weighted by atomic mass is 10.0. The number of aromatic hydroxyl groups is 1. The van der Waals surface area contributed by atoms with Gasteiger partial charge in [-0.25, -0.2) is 0 Å². The van der Waals surface area contributed by atoms with Crippen LogP contribution in [0.2, 0.25) is 0 Å². The first-order valence-corrected chi connectivity index (χ1v) is 4.44. The number of nitrogens with two attached hydrogens (primary N) is 2. The summed E-state index contributed by atoms with van der Waals surface area (Å²) < 4.78 is 0. The average Bonchev–Trinajstić information content (AvgIpc) is 2.17. The fourth-order valence-corrected chi connectivity index (χ4v) is 1.22. The van der Waals surface area contributed by atoms with E-state index >= 15 is 0 Å². The molecule has 76 valence electrons. The first-order chi connectivity index (χ1) is 6.56. The van der Waals surface area contributed by atoms with Crippen LogP contribution in [0.4, 0.5) is 0 Å². The van der Waals surface area contributed by atoms with Gasteiger partial charge in [0.15, 0.2) is 0 Å². The van der Waals surface area contributed by atoms with Crippen LogP contribution < -0.4 is 11.5 Å². The molecule has 4 nitrogen and oxygen atoms in total. The van der Waals surface area contributed by atoms with Gasteiger partial charge in [-0.3, -0.25) is 4.79 Å². The summed E-state index contributed by atoms with van der Waals surface area (Å²) in [4.78, 5) is 10.9. The molecule has 5 N–H and O–H groups in total. The minimum atomic E-state index is -0.519. The summed E-state index contributed by atoms with van der Waals surface area (Å²) in [6.07, 6.45) is 0.690. The van der Waals surface area contributed by atoms with E-state index in [9.17, 15) is 9.90 Å². The number of carbonyl (C=O) groups excluding carboxylic acids is 1. The molecule has 0 saturated heterocycles. The second-order valence-corrected chi connectivity index (χ2v) is 3.15. The molecule has 0 radical (unpaired) electrons. The lowest BCUT2D eigenvalue weighted by Crippen LogP contribution is -2.14. The predicted octanol–water partition coefficient (Wildman–Crippen LogP) is 0.901. The maximum atomic E-state index is 10.9. The van der Waals surface area contributed by atoms with E-state index in [2.05, 4.69) is 0 Å². The van der Waals surface area contributed by atoms with Crippen LogP contribution in [0.15, 0.2) is 18.2 Å². The molecule has 0 fully saturated rings. The third-order valence-corrected chi connectivity index (χ3v) is 2.15. The number of benzene rings is 1. The highest BCUT2D eigenvalue weighted by Gasteiger charge is 2.11. The molecule has 0 aromatic heterocycles. The molecule has 0 spiro atoms. The van der Waals surface area contributed by atoms with E-state index in [1.165, 1.54) is 18.2 Å². The Morgan fingerprint density at radius 3 is 2.71 bits per heavy atom. The lowest BCUT2D eigenvalue weighted by Gasteiger charge is -2.11. The van der Waals surface area contributed by atoms with Crippen LogP contribution in [-0.4, -0.2) is 11.0 Å². The Bertz CT molecular complexity index is 350. The van der Waals surface area contributed by atoms with Crippen LogP contribution in [0.25, 0.3) is 0 Å². The molecule has 0 aliphatic rings. The van der Waals surface area contributed by atoms with E-state index in [0.717, 1.165) is 0 Å². The summed E-state index contributed by atoms with van der Waals surface area (Å²) in [6.45, 7) is 1.90. The highest BCUT2D eigenvalue weighted by atomic mass is 16.3. The van der Waals surface area contributed by atoms with Gasteiger partial charge in [-0.2, -0.15) is 0 Å². The minimum Gasteiger partial charge on any atom is -0.508 e. The Morgan fingerprint density at radius 2 is 2.21 bits per heavy atom. The average molecular weight is 194 g/mol. The van der Waals surface area contributed by atoms with E-state index in [1.54, 1.807) is 0 Å². The SMILES string of the molecule is CC[C@H](N)c1cc(C(N)=O)ccc1O. The van der Waals surface area contributed by atoms with Crippen molar-refractivity contribution in [3.63, 3.8) is 0 Å². The zero-order valence-electron chi connectivity index (χ0n) is 8.03. The first-order valence-electron chi connectivity index (χ1n) is 4.44. The molecule has 0 unspecified atom stereocenters. The first kappa shape index (κ1) is 10.5. The van der Waals surface area contributed by atoms with Crippen LogP contribution in [0.5, 0.6) is 5.75 Å². The minimum absolute atomic E-state index is 0.101. The van der Waals surface area contributed by atoms with Crippen molar-refractivity contribution in [1.29, 1.82) is 0 Å². The Labute approximate surface area is 82.5 Å². The molecule has 0 bridgehead atoms. The van der Waals surface area contributed by atoms with E-state index in [0.29, 0.717) is 17.5 Å². The number of primary amides is 1. The Morgan fingerprint density at radius 1 is 1.57 bits per heavy atom. The highest BCUT2D eigenvalue weighted by Crippen LogP contribution is 2.25. The predicted molar refractivity (Wildman–Crippen MR) is 53.8 cm³/mol. The summed E-state index contributed by atoms with van der Waals surface area (Å²) in [5.41, 5.74) is 11.8. The van der Waals surface area contributed by atoms with Crippen LogP contribution in [0, 0.1) is 0 Å². The van der Waals surface area contributed by atoms with Gasteiger partial charge in [0.05, 0.1) is 0 Å². The monoisotopic (exact) mass is 194 g/mol. The fraction of sp³-hybridized carbons (Fsp3) is 0.300. The Balaban J connectivity index is 3.14. The smallest absolute Gasteiger partial charge is 0.248 e. The third kappa shape index (κ3) is 2.03. The van der Waals surface area contributed by atoms with E-state index in [-0.39, 0.29) is 11.8 Å². The van der Waals surface area contributed by atoms with Gasteiger partial charge in [-0.05, 0) is 24.6 Å². The number of rotatable bonds is 3. The topological polar surface area (TPSA) is 89.3 Å². The summed E-state index contributed by atoms with van der Waals surface area (Å²) in [5.74, 6) is -0.418. The second-order valence-electron chi connectivity index (χ2n) is 3.15. The van der Waals surface area contributed by atoms with Crippen molar-refractivity contribution in [1.82, 2.24) is 0 Å². The van der Waals surface area contributed by atoms with E-state index < -0.39 is 5.91 Å². The zero-order chi connectivity index (χ0) is 10.7. The van der Waals surface area contributed by atoms with Crippen molar-refractivity contribution < 1.29 is 9.90 Å². The van der Waals surface area contributed by atoms with Crippen molar-refractivity contribution in [3.8, 4) is 5.75 Å². The standard InChI is InChI=1S/C10H14N2O2/c1-2-8(11)7-5-6(10(12)14)3-4-9(7)13/h3-5,8,13H,2,11H2,1H3,(H2,12,14)/t8-/m0/s1. The van der Waals surface area contributed by atoms with Crippen molar-refractivity contribution in [2.45, 2.75) is 19.4 Å². The number of hydrogen-bond donors (Lipinski definition) is 3. The number of amides is 1. The number of phenolic OH excluding ortho intramolecular Hbond substituents is 1. The van der Waals surface area contributed by atoms with E-state index in [4.69, 9.17) is 11.5 Å². The van der Waals surface area contributed by atoms with Gasteiger partial charge in [0, 0.05) is 17.2 Å². The Hall–Kier alpha value is -1.55. The van der Waals surface area contributed by atoms with Gasteiger partial charge in [0.25, 0.3) is 0 Å². The maximum Gasteiger partial charge on any atom is 0.248 e. The van der Waals surface area contributed by atoms with Crippen LogP contribution in [0.3, 0.4) is 0 Å². The largest absolute Gasteiger partial charge is 0.508 e. The van der Waals surface area contributed by atoms with Crippen molar-refractivity contribution in [3.05, 3.63) is 29.3 Å². The van der Waals surface area contributed by atoms with Gasteiger partial charge in [0.1, 0.15) is 5.75 Å². The molecule has 14 heavy (non-hydrogen) atoms. The molecule has 4 heteroatoms. The van der Waals surface area contributed by atoms with Gasteiger partial charge < -0.3 is 16.6 Å². The van der Waals surface area contributed by atoms with E-state index in [1.807, 2.05) is 6.92 Å². The third-order valence-electron chi connectivity index (χ3n) is 2.15. The van der Waals surface area contributed by atoms with Crippen LogP contribution >= 0.6 is 0 Å². The molecule has 1 aromatic rings. The quantitative estimate of drug-likeness (QED) is 0.667. The fourth-order valence-electron chi connectivity index (χ4n) is 1.22. The molecule has 0 aliphatic carbocycles. The number of phenols is 1. The van der Waals surface area contributed by atoms with Gasteiger partial charge in [-0.1, -0.05) is 6.92 Å². The molecular formula is C10H14N2O2. The molecule has 0 saturated carbocycles. The van der Waals surface area contributed by atoms with Gasteiger partial charge in [-0.15, -0.1) is 0 Å². The maximum absolute atomic E-state index is 10.9. The summed E-state index contributed by atoms with van der Waals surface area (Å²) >= 11 is 0. The van der Waals surface area contributed by atoms with Crippen molar-refractivity contribution in [2.24, 2.45) is 11.5 Å². The number of hydrogen-bond acceptors (Lipinski definition) is 3. The van der Waals surface area contributed by atoms with Crippen molar-refractivity contribution >= 4 is 5.91 Å². The lowest BCUT2D eigenvalue weighted by molar-refractivity contribution is 0.1000. The molecule has 1 aromatic carbocycles. The van der Waals surface area contributed by atoms with Crippen LogP contribution in [0.1, 0.15) is 35.3 Å². The zero-order valence-corrected chi connectivity index (χ0v) is 8.03. The second kappa shape index (κ2) is 4.11. The normalized spacial score (nSPS) is 12.4. The summed E-state index contributed by atoms with van der Waals surface area (Å²) in [5, 5.41) is 9.49. The molecule has 0 heterocycles. The Kier molecular flexibility index (Phi) is 3.09. The van der Waals surface area contributed by atoms with Gasteiger partial charge >= 0.3 is 0 Å².